The van der Waals surface area contributed by atoms with Crippen LogP contribution in [-0.2, 0) is 22.6 Å². The first-order chi connectivity index (χ1) is 20.0. The fourth-order valence-corrected chi connectivity index (χ4v) is 4.35. The van der Waals surface area contributed by atoms with E-state index in [0.29, 0.717) is 16.7 Å². The minimum absolute atomic E-state index is 0.0556. The molecule has 0 radical (unpaired) electrons. The molecule has 8 nitrogen and oxygen atoms in total. The summed E-state index contributed by atoms with van der Waals surface area (Å²) in [5, 5.41) is 3.29. The van der Waals surface area contributed by atoms with Gasteiger partial charge in [-0.15, -0.1) is 0 Å². The minimum atomic E-state index is -1.03. The molecule has 1 atom stereocenters. The highest BCUT2D eigenvalue weighted by atomic mass is 16.6. The van der Waals surface area contributed by atoms with Crippen molar-refractivity contribution < 1.29 is 28.2 Å². The number of hydrogen-bond acceptors (Lipinski definition) is 7. The van der Waals surface area contributed by atoms with Gasteiger partial charge >= 0.3 is 17.7 Å². The Kier molecular flexibility index (Phi) is 8.40. The minimum Gasteiger partial charge on any atom is -0.497 e. The summed E-state index contributed by atoms with van der Waals surface area (Å²) in [5.74, 6) is 0.159. The normalized spacial score (nSPS) is 11.4. The van der Waals surface area contributed by atoms with Crippen LogP contribution in [0.2, 0.25) is 0 Å². The fraction of sp³-hybridized carbons (Fsp3) is 0.121. The van der Waals surface area contributed by atoms with E-state index in [4.69, 9.17) is 18.6 Å². The molecule has 41 heavy (non-hydrogen) atoms. The van der Waals surface area contributed by atoms with Crippen molar-refractivity contribution in [1.82, 2.24) is 5.32 Å². The number of esters is 1. The molecule has 0 spiro atoms. The van der Waals surface area contributed by atoms with Crippen molar-refractivity contribution in [3.8, 4) is 22.6 Å². The molecule has 1 N–H and O–H groups in total. The molecular weight excluding hydrogens is 522 g/mol. The Hall–Kier alpha value is -5.37. The van der Waals surface area contributed by atoms with E-state index in [2.05, 4.69) is 5.32 Å². The van der Waals surface area contributed by atoms with E-state index in [9.17, 15) is 14.4 Å². The lowest BCUT2D eigenvalue weighted by Gasteiger charge is -2.18. The van der Waals surface area contributed by atoms with Gasteiger partial charge in [-0.25, -0.2) is 14.4 Å². The largest absolute Gasteiger partial charge is 0.497 e. The maximum Gasteiger partial charge on any atom is 0.408 e. The molecule has 1 amide bonds. The highest BCUT2D eigenvalue weighted by Gasteiger charge is 2.25. The summed E-state index contributed by atoms with van der Waals surface area (Å²) in [6.45, 7) is 0.0556. The van der Waals surface area contributed by atoms with Crippen LogP contribution in [-0.4, -0.2) is 25.2 Å². The third kappa shape index (κ3) is 6.99. The van der Waals surface area contributed by atoms with Gasteiger partial charge in [-0.05, 0) is 46.5 Å². The molecule has 0 bridgehead atoms. The third-order valence-electron chi connectivity index (χ3n) is 6.41. The number of carbonyl (C=O) groups is 2. The van der Waals surface area contributed by atoms with Crippen molar-refractivity contribution >= 4 is 23.0 Å². The summed E-state index contributed by atoms with van der Waals surface area (Å²) in [6, 6.07) is 31.0. The van der Waals surface area contributed by atoms with E-state index >= 15 is 0 Å². The molecule has 0 aliphatic heterocycles. The molecule has 1 aromatic heterocycles. The van der Waals surface area contributed by atoms with E-state index in [0.717, 1.165) is 16.7 Å². The van der Waals surface area contributed by atoms with Crippen LogP contribution >= 0.6 is 0 Å². The summed E-state index contributed by atoms with van der Waals surface area (Å²) in [6.07, 6.45) is -0.565. The molecule has 0 aliphatic rings. The van der Waals surface area contributed by atoms with Crippen molar-refractivity contribution in [2.24, 2.45) is 0 Å². The van der Waals surface area contributed by atoms with Crippen LogP contribution in [0, 0.1) is 0 Å². The smallest absolute Gasteiger partial charge is 0.408 e. The Bertz CT molecular complexity index is 1700. The topological polar surface area (TPSA) is 104 Å². The van der Waals surface area contributed by atoms with Crippen LogP contribution in [0.25, 0.3) is 22.1 Å². The number of nitrogens with one attached hydrogen (secondary N) is 1. The van der Waals surface area contributed by atoms with Crippen molar-refractivity contribution in [2.45, 2.75) is 19.1 Å². The average molecular weight is 550 g/mol. The number of ether oxygens (including phenoxy) is 3. The fourth-order valence-electron chi connectivity index (χ4n) is 4.35. The predicted octanol–water partition coefficient (Wildman–Crippen LogP) is 5.91. The lowest BCUT2D eigenvalue weighted by Crippen LogP contribution is -2.44. The first-order valence-corrected chi connectivity index (χ1v) is 12.9. The zero-order valence-electron chi connectivity index (χ0n) is 22.2. The van der Waals surface area contributed by atoms with Gasteiger partial charge in [0.1, 0.15) is 29.7 Å². The predicted molar refractivity (Wildman–Crippen MR) is 154 cm³/mol. The van der Waals surface area contributed by atoms with Crippen molar-refractivity contribution in [3.63, 3.8) is 0 Å². The monoisotopic (exact) mass is 549 g/mol. The number of rotatable bonds is 9. The lowest BCUT2D eigenvalue weighted by atomic mass is 10.0. The van der Waals surface area contributed by atoms with Gasteiger partial charge in [-0.2, -0.15) is 0 Å². The van der Waals surface area contributed by atoms with Gasteiger partial charge in [-0.3, -0.25) is 0 Å². The van der Waals surface area contributed by atoms with Gasteiger partial charge in [0.2, 0.25) is 0 Å². The standard InChI is InChI=1S/C33H27NO7/c1-38-25-14-12-24(13-15-25)28-20-31(35)41-30-19-26(16-17-27(28)30)40-32(36)29(18-22-8-4-2-5-9-22)34-33(37)39-21-23-10-6-3-7-11-23/h2-17,19-20,29H,18,21H2,1H3,(H,34,37). The molecule has 4 aromatic carbocycles. The SMILES string of the molecule is COc1ccc(-c2cc(=O)oc3cc(OC(=O)C(Cc4ccccc4)NC(=O)OCc4ccccc4)ccc23)cc1. The van der Waals surface area contributed by atoms with Crippen LogP contribution in [0.4, 0.5) is 4.79 Å². The molecule has 0 aliphatic carbocycles. The van der Waals surface area contributed by atoms with Crippen LogP contribution in [0.3, 0.4) is 0 Å². The van der Waals surface area contributed by atoms with E-state index in [1.54, 1.807) is 31.4 Å². The number of hydrogen-bond donors (Lipinski definition) is 1. The molecule has 8 heteroatoms. The second-order valence-electron chi connectivity index (χ2n) is 9.24. The number of amides is 1. The van der Waals surface area contributed by atoms with Crippen molar-refractivity contribution in [3.05, 3.63) is 131 Å². The quantitative estimate of drug-likeness (QED) is 0.138. The molecule has 5 rings (SSSR count). The first-order valence-electron chi connectivity index (χ1n) is 12.9. The number of alkyl carbamates (subject to hydrolysis) is 1. The van der Waals surface area contributed by atoms with Gasteiger partial charge < -0.3 is 23.9 Å². The molecule has 0 fully saturated rings. The third-order valence-corrected chi connectivity index (χ3v) is 6.41. The molecule has 206 valence electrons. The molecular formula is C33H27NO7. The Morgan fingerprint density at radius 2 is 1.46 bits per heavy atom. The van der Waals surface area contributed by atoms with Crippen LogP contribution in [0.15, 0.2) is 118 Å². The Labute approximate surface area is 236 Å². The molecule has 0 saturated heterocycles. The van der Waals surface area contributed by atoms with Gasteiger partial charge in [0.15, 0.2) is 0 Å². The Morgan fingerprint density at radius 3 is 2.15 bits per heavy atom. The van der Waals surface area contributed by atoms with Crippen LogP contribution in [0.5, 0.6) is 11.5 Å². The maximum atomic E-state index is 13.3. The Morgan fingerprint density at radius 1 is 0.805 bits per heavy atom. The van der Waals surface area contributed by atoms with Crippen molar-refractivity contribution in [2.75, 3.05) is 7.11 Å². The number of methoxy groups -OCH3 is 1. The second-order valence-corrected chi connectivity index (χ2v) is 9.24. The van der Waals surface area contributed by atoms with Crippen LogP contribution in [0.1, 0.15) is 11.1 Å². The Balaban J connectivity index is 1.35. The number of benzene rings is 4. The van der Waals surface area contributed by atoms with E-state index in [-0.39, 0.29) is 24.4 Å². The highest BCUT2D eigenvalue weighted by Crippen LogP contribution is 2.31. The number of fused-ring (bicyclic) bond motifs is 1. The first kappa shape index (κ1) is 27.2. The zero-order valence-corrected chi connectivity index (χ0v) is 22.2. The molecule has 0 saturated carbocycles. The number of carbonyl (C=O) groups excluding carboxylic acids is 2. The van der Waals surface area contributed by atoms with E-state index < -0.39 is 23.7 Å². The van der Waals surface area contributed by atoms with E-state index in [1.165, 1.54) is 12.1 Å². The highest BCUT2D eigenvalue weighted by molar-refractivity contribution is 5.94. The van der Waals surface area contributed by atoms with Crippen LogP contribution < -0.4 is 20.4 Å². The summed E-state index contributed by atoms with van der Waals surface area (Å²) < 4.78 is 21.6. The van der Waals surface area contributed by atoms with Gasteiger partial charge in [0.05, 0.1) is 7.11 Å². The molecule has 1 unspecified atom stereocenters. The van der Waals surface area contributed by atoms with Gasteiger partial charge in [0, 0.05) is 23.9 Å². The van der Waals surface area contributed by atoms with E-state index in [1.807, 2.05) is 72.8 Å². The summed E-state index contributed by atoms with van der Waals surface area (Å²) >= 11 is 0. The average Bonchev–Trinajstić information content (AvgIpc) is 3.00. The molecule has 5 aromatic rings. The lowest BCUT2D eigenvalue weighted by molar-refractivity contribution is -0.136. The zero-order chi connectivity index (χ0) is 28.6. The summed E-state index contributed by atoms with van der Waals surface area (Å²) in [4.78, 5) is 38.3. The van der Waals surface area contributed by atoms with Crippen molar-refractivity contribution in [1.29, 1.82) is 0 Å². The molecule has 1 heterocycles. The second kappa shape index (κ2) is 12.7. The maximum absolute atomic E-state index is 13.3. The summed E-state index contributed by atoms with van der Waals surface area (Å²) in [7, 11) is 1.58. The summed E-state index contributed by atoms with van der Waals surface area (Å²) in [5.41, 5.74) is 2.82. The van der Waals surface area contributed by atoms with Gasteiger partial charge in [0.25, 0.3) is 0 Å². The van der Waals surface area contributed by atoms with Gasteiger partial charge in [-0.1, -0.05) is 72.8 Å².